The van der Waals surface area contributed by atoms with Crippen molar-refractivity contribution in [1.82, 2.24) is 15.2 Å². The maximum atomic E-state index is 13.1. The number of para-hydroxylation sites is 1. The van der Waals surface area contributed by atoms with Gasteiger partial charge in [0.05, 0.1) is 19.9 Å². The van der Waals surface area contributed by atoms with Crippen LogP contribution in [-0.4, -0.2) is 47.0 Å². The van der Waals surface area contributed by atoms with E-state index in [2.05, 4.69) is 17.1 Å². The van der Waals surface area contributed by atoms with Crippen LogP contribution in [-0.2, 0) is 9.59 Å². The smallest absolute Gasteiger partial charge is 0.308 e. The van der Waals surface area contributed by atoms with Gasteiger partial charge in [-0.05, 0) is 24.6 Å². The van der Waals surface area contributed by atoms with E-state index in [0.29, 0.717) is 27.7 Å². The van der Waals surface area contributed by atoms with Gasteiger partial charge in [0.15, 0.2) is 17.2 Å². The summed E-state index contributed by atoms with van der Waals surface area (Å²) < 4.78 is 22.9. The van der Waals surface area contributed by atoms with Gasteiger partial charge in [-0.3, -0.25) is 14.5 Å². The van der Waals surface area contributed by atoms with Crippen molar-refractivity contribution in [2.24, 2.45) is 0 Å². The molecule has 4 rings (SSSR count). The van der Waals surface area contributed by atoms with Crippen LogP contribution in [0.4, 0.5) is 5.69 Å². The molecule has 1 aliphatic heterocycles. The second kappa shape index (κ2) is 12.8. The third kappa shape index (κ3) is 6.25. The summed E-state index contributed by atoms with van der Waals surface area (Å²) in [5, 5.41) is 9.31. The molecule has 0 fully saturated rings. The van der Waals surface area contributed by atoms with Crippen LogP contribution in [0.3, 0.4) is 0 Å². The quantitative estimate of drug-likeness (QED) is 0.136. The molecule has 206 valence electrons. The average Bonchev–Trinajstić information content (AvgIpc) is 3.07. The summed E-state index contributed by atoms with van der Waals surface area (Å²) in [5.74, 6) is 0.949. The Bertz CT molecular complexity index is 1330. The standard InChI is InChI=1S/C28H32N4O6S/c1-6-7-8-11-14-39-28-29-26-24(30-31-28)20-12-9-10-13-21(20)32(17(2)33)27(38-26)19-15-22(35-4)25(37-18(3)34)23(16-19)36-5/h9-10,12-13,15-16,27H,6-8,11,14H2,1-5H3/t27-/m0/s1. The van der Waals surface area contributed by atoms with Crippen LogP contribution in [0, 0.1) is 0 Å². The van der Waals surface area contributed by atoms with Gasteiger partial charge in [0.2, 0.25) is 28.9 Å². The summed E-state index contributed by atoms with van der Waals surface area (Å²) in [7, 11) is 2.90. The molecule has 1 atom stereocenters. The van der Waals surface area contributed by atoms with Crippen LogP contribution in [0.1, 0.15) is 58.2 Å². The van der Waals surface area contributed by atoms with E-state index < -0.39 is 12.2 Å². The third-order valence-electron chi connectivity index (χ3n) is 6.09. The van der Waals surface area contributed by atoms with E-state index >= 15 is 0 Å². The Morgan fingerprint density at radius 2 is 1.74 bits per heavy atom. The molecule has 39 heavy (non-hydrogen) atoms. The molecule has 1 aliphatic rings. The highest BCUT2D eigenvalue weighted by Crippen LogP contribution is 2.46. The fraction of sp³-hybridized carbons (Fsp3) is 0.393. The Balaban J connectivity index is 1.82. The molecule has 0 spiro atoms. The number of methoxy groups -OCH3 is 2. The molecule has 1 amide bonds. The molecule has 2 aromatic carbocycles. The Morgan fingerprint density at radius 3 is 2.38 bits per heavy atom. The van der Waals surface area contributed by atoms with Crippen LogP contribution in [0.2, 0.25) is 0 Å². The molecular formula is C28H32N4O6S. The van der Waals surface area contributed by atoms with E-state index in [4.69, 9.17) is 23.9 Å². The predicted molar refractivity (Wildman–Crippen MR) is 148 cm³/mol. The van der Waals surface area contributed by atoms with E-state index in [-0.39, 0.29) is 29.0 Å². The third-order valence-corrected chi connectivity index (χ3v) is 7.02. The first kappa shape index (κ1) is 28.2. The van der Waals surface area contributed by atoms with Crippen molar-refractivity contribution < 1.29 is 28.5 Å². The number of amides is 1. The highest BCUT2D eigenvalue weighted by molar-refractivity contribution is 7.99. The zero-order valence-electron chi connectivity index (χ0n) is 22.7. The highest BCUT2D eigenvalue weighted by Gasteiger charge is 2.36. The highest BCUT2D eigenvalue weighted by atomic mass is 32.2. The summed E-state index contributed by atoms with van der Waals surface area (Å²) in [6, 6.07) is 10.7. The number of esters is 1. The minimum absolute atomic E-state index is 0.130. The predicted octanol–water partition coefficient (Wildman–Crippen LogP) is 5.60. The number of carbonyl (C=O) groups excluding carboxylic acids is 2. The van der Waals surface area contributed by atoms with Crippen LogP contribution < -0.4 is 23.8 Å². The molecule has 0 N–H and O–H groups in total. The van der Waals surface area contributed by atoms with Crippen molar-refractivity contribution in [1.29, 1.82) is 0 Å². The second-order valence-electron chi connectivity index (χ2n) is 8.88. The van der Waals surface area contributed by atoms with Crippen LogP contribution in [0.15, 0.2) is 41.6 Å². The molecule has 0 aliphatic carbocycles. The SMILES string of the molecule is CCCCCCSc1nnc2c(n1)O[C@@H](c1cc(OC)c(OC(C)=O)c(OC)c1)N(C(C)=O)c1ccccc1-2. The molecule has 0 saturated carbocycles. The lowest BCUT2D eigenvalue weighted by Crippen LogP contribution is -2.36. The van der Waals surface area contributed by atoms with Crippen LogP contribution in [0.25, 0.3) is 11.3 Å². The summed E-state index contributed by atoms with van der Waals surface area (Å²) >= 11 is 1.52. The van der Waals surface area contributed by atoms with Crippen molar-refractivity contribution in [3.05, 3.63) is 42.0 Å². The first-order valence-electron chi connectivity index (χ1n) is 12.8. The van der Waals surface area contributed by atoms with Gasteiger partial charge in [0.1, 0.15) is 0 Å². The Labute approximate surface area is 232 Å². The first-order valence-corrected chi connectivity index (χ1v) is 13.7. The normalized spacial score (nSPS) is 14.0. The first-order chi connectivity index (χ1) is 18.9. The average molecular weight is 553 g/mol. The summed E-state index contributed by atoms with van der Waals surface area (Å²) in [6.07, 6.45) is 3.60. The van der Waals surface area contributed by atoms with E-state index in [0.717, 1.165) is 18.6 Å². The zero-order valence-corrected chi connectivity index (χ0v) is 23.5. The van der Waals surface area contributed by atoms with E-state index in [1.165, 1.54) is 57.6 Å². The minimum Gasteiger partial charge on any atom is -0.493 e. The minimum atomic E-state index is -0.960. The molecule has 0 bridgehead atoms. The summed E-state index contributed by atoms with van der Waals surface area (Å²) in [6.45, 7) is 4.93. The largest absolute Gasteiger partial charge is 0.493 e. The lowest BCUT2D eigenvalue weighted by molar-refractivity contribution is -0.132. The van der Waals surface area contributed by atoms with Gasteiger partial charge in [0.25, 0.3) is 0 Å². The second-order valence-corrected chi connectivity index (χ2v) is 9.94. The number of thioether (sulfide) groups is 1. The van der Waals surface area contributed by atoms with Crippen LogP contribution >= 0.6 is 11.8 Å². The van der Waals surface area contributed by atoms with Crippen molar-refractivity contribution in [3.8, 4) is 34.4 Å². The number of fused-ring (bicyclic) bond motifs is 3. The molecule has 2 heterocycles. The number of anilines is 1. The molecule has 3 aromatic rings. The molecule has 0 saturated heterocycles. The summed E-state index contributed by atoms with van der Waals surface area (Å²) in [4.78, 5) is 31.1. The van der Waals surface area contributed by atoms with E-state index in [1.807, 2.05) is 24.3 Å². The topological polar surface area (TPSA) is 113 Å². The maximum absolute atomic E-state index is 13.1. The molecule has 1 aromatic heterocycles. The molecular weight excluding hydrogens is 520 g/mol. The number of rotatable bonds is 10. The molecule has 10 nitrogen and oxygen atoms in total. The van der Waals surface area contributed by atoms with Crippen molar-refractivity contribution in [2.75, 3.05) is 24.9 Å². The number of unbranched alkanes of at least 4 members (excludes halogenated alkanes) is 3. The van der Waals surface area contributed by atoms with Gasteiger partial charge in [-0.2, -0.15) is 4.98 Å². The fourth-order valence-electron chi connectivity index (χ4n) is 4.31. The van der Waals surface area contributed by atoms with E-state index in [1.54, 1.807) is 12.1 Å². The number of aromatic nitrogens is 3. The van der Waals surface area contributed by atoms with Crippen molar-refractivity contribution in [2.45, 2.75) is 57.8 Å². The number of carbonyl (C=O) groups is 2. The monoisotopic (exact) mass is 552 g/mol. The molecule has 0 unspecified atom stereocenters. The lowest BCUT2D eigenvalue weighted by atomic mass is 10.1. The van der Waals surface area contributed by atoms with Crippen LogP contribution in [0.5, 0.6) is 23.1 Å². The van der Waals surface area contributed by atoms with Crippen molar-refractivity contribution in [3.63, 3.8) is 0 Å². The summed E-state index contributed by atoms with van der Waals surface area (Å²) in [5.41, 5.74) is 2.21. The molecule has 0 radical (unpaired) electrons. The number of nitrogens with zero attached hydrogens (tertiary/aromatic N) is 4. The maximum Gasteiger partial charge on any atom is 0.308 e. The van der Waals surface area contributed by atoms with Gasteiger partial charge in [0, 0.05) is 30.7 Å². The zero-order chi connectivity index (χ0) is 27.9. The lowest BCUT2D eigenvalue weighted by Gasteiger charge is -2.30. The van der Waals surface area contributed by atoms with Gasteiger partial charge in [-0.25, -0.2) is 0 Å². The Hall–Kier alpha value is -3.86. The number of hydrogen-bond acceptors (Lipinski definition) is 10. The van der Waals surface area contributed by atoms with Gasteiger partial charge in [-0.15, -0.1) is 10.2 Å². The van der Waals surface area contributed by atoms with E-state index in [9.17, 15) is 9.59 Å². The number of benzene rings is 2. The van der Waals surface area contributed by atoms with Crippen molar-refractivity contribution >= 4 is 29.3 Å². The molecule has 11 heteroatoms. The number of hydrogen-bond donors (Lipinski definition) is 0. The van der Waals surface area contributed by atoms with Gasteiger partial charge >= 0.3 is 5.97 Å². The van der Waals surface area contributed by atoms with Gasteiger partial charge < -0.3 is 18.9 Å². The Kier molecular flexibility index (Phi) is 9.23. The fourth-order valence-corrected chi connectivity index (χ4v) is 5.09. The van der Waals surface area contributed by atoms with Gasteiger partial charge in [-0.1, -0.05) is 56.1 Å². The Morgan fingerprint density at radius 1 is 1.03 bits per heavy atom. The number of ether oxygens (including phenoxy) is 4.